The van der Waals surface area contributed by atoms with E-state index < -0.39 is 0 Å². The summed E-state index contributed by atoms with van der Waals surface area (Å²) >= 11 is 0. The third kappa shape index (κ3) is 3.31. The van der Waals surface area contributed by atoms with Crippen molar-refractivity contribution in [3.8, 4) is 11.5 Å². The molecule has 25 heavy (non-hydrogen) atoms. The molecule has 0 spiro atoms. The minimum atomic E-state index is -0.263. The molecule has 5 heteroatoms. The second-order valence-electron chi connectivity index (χ2n) is 6.42. The van der Waals surface area contributed by atoms with Crippen molar-refractivity contribution >= 4 is 11.9 Å². The third-order valence-corrected chi connectivity index (χ3v) is 4.55. The van der Waals surface area contributed by atoms with Gasteiger partial charge in [0, 0.05) is 11.1 Å². The molecule has 1 amide bonds. The Morgan fingerprint density at radius 2 is 1.76 bits per heavy atom. The Morgan fingerprint density at radius 3 is 2.56 bits per heavy atom. The molecule has 0 bridgehead atoms. The minimum Gasteiger partial charge on any atom is -0.403 e. The van der Waals surface area contributed by atoms with Crippen molar-refractivity contribution in [1.29, 1.82) is 0 Å². The first-order chi connectivity index (χ1) is 12.2. The lowest BCUT2D eigenvalue weighted by Crippen LogP contribution is -2.11. The summed E-state index contributed by atoms with van der Waals surface area (Å²) in [7, 11) is 0. The number of aryl methyl sites for hydroxylation is 3. The maximum Gasteiger partial charge on any atom is 0.322 e. The highest BCUT2D eigenvalue weighted by atomic mass is 16.4. The highest BCUT2D eigenvalue weighted by molar-refractivity contribution is 6.03. The standard InChI is InChI=1S/C20H19N3O2/c1-13-6-8-15(9-7-13)18(24)21-20-23-22-19(25-20)17-11-10-14-4-2-3-5-16(14)12-17/h6-12H,2-5H2,1H3,(H,21,23,24). The molecule has 0 saturated carbocycles. The number of amides is 1. The molecule has 1 aliphatic rings. The van der Waals surface area contributed by atoms with Crippen LogP contribution in [0.2, 0.25) is 0 Å². The lowest BCUT2D eigenvalue weighted by molar-refractivity contribution is 0.102. The van der Waals surface area contributed by atoms with Gasteiger partial charge >= 0.3 is 6.01 Å². The molecule has 2 aromatic carbocycles. The van der Waals surface area contributed by atoms with Gasteiger partial charge < -0.3 is 4.42 Å². The number of fused-ring (bicyclic) bond motifs is 1. The highest BCUT2D eigenvalue weighted by Crippen LogP contribution is 2.27. The van der Waals surface area contributed by atoms with Gasteiger partial charge in [0.25, 0.3) is 5.91 Å². The van der Waals surface area contributed by atoms with Crippen LogP contribution in [-0.2, 0) is 12.8 Å². The van der Waals surface area contributed by atoms with E-state index in [1.165, 1.54) is 24.0 Å². The number of nitrogens with one attached hydrogen (secondary N) is 1. The van der Waals surface area contributed by atoms with Crippen molar-refractivity contribution < 1.29 is 9.21 Å². The van der Waals surface area contributed by atoms with Gasteiger partial charge in [-0.2, -0.15) is 0 Å². The normalized spacial score (nSPS) is 13.3. The zero-order valence-electron chi connectivity index (χ0n) is 14.1. The second-order valence-corrected chi connectivity index (χ2v) is 6.42. The fraction of sp³-hybridized carbons (Fsp3) is 0.250. The molecular formula is C20H19N3O2. The minimum absolute atomic E-state index is 0.110. The van der Waals surface area contributed by atoms with Gasteiger partial charge in [0.05, 0.1) is 0 Å². The molecule has 4 rings (SSSR count). The van der Waals surface area contributed by atoms with Gasteiger partial charge in [0.15, 0.2) is 0 Å². The quantitative estimate of drug-likeness (QED) is 0.781. The summed E-state index contributed by atoms with van der Waals surface area (Å²) in [5, 5.41) is 10.7. The van der Waals surface area contributed by atoms with Crippen LogP contribution >= 0.6 is 0 Å². The van der Waals surface area contributed by atoms with Gasteiger partial charge in [-0.3, -0.25) is 10.1 Å². The van der Waals surface area contributed by atoms with Crippen LogP contribution in [0.3, 0.4) is 0 Å². The topological polar surface area (TPSA) is 68.0 Å². The monoisotopic (exact) mass is 333 g/mol. The van der Waals surface area contributed by atoms with E-state index in [-0.39, 0.29) is 11.9 Å². The number of rotatable bonds is 3. The lowest BCUT2D eigenvalue weighted by Gasteiger charge is -2.15. The molecule has 0 aliphatic heterocycles. The summed E-state index contributed by atoms with van der Waals surface area (Å²) in [4.78, 5) is 12.2. The van der Waals surface area contributed by atoms with E-state index in [0.717, 1.165) is 24.0 Å². The number of benzene rings is 2. The molecule has 0 radical (unpaired) electrons. The summed E-state index contributed by atoms with van der Waals surface area (Å²) in [6, 6.07) is 13.7. The number of hydrogen-bond donors (Lipinski definition) is 1. The van der Waals surface area contributed by atoms with Crippen LogP contribution in [0.5, 0.6) is 0 Å². The summed E-state index contributed by atoms with van der Waals surface area (Å²) in [6.45, 7) is 1.98. The van der Waals surface area contributed by atoms with Gasteiger partial charge in [-0.25, -0.2) is 0 Å². The average Bonchev–Trinajstić information content (AvgIpc) is 3.10. The Kier molecular flexibility index (Phi) is 4.06. The number of carbonyl (C=O) groups is 1. The fourth-order valence-corrected chi connectivity index (χ4v) is 3.13. The van der Waals surface area contributed by atoms with Gasteiger partial charge in [0.1, 0.15) is 0 Å². The molecule has 5 nitrogen and oxygen atoms in total. The molecule has 0 unspecified atom stereocenters. The molecule has 126 valence electrons. The third-order valence-electron chi connectivity index (χ3n) is 4.55. The molecule has 0 fully saturated rings. The molecule has 1 aliphatic carbocycles. The van der Waals surface area contributed by atoms with Gasteiger partial charge in [-0.1, -0.05) is 28.9 Å². The molecule has 1 N–H and O–H groups in total. The number of anilines is 1. The van der Waals surface area contributed by atoms with E-state index in [9.17, 15) is 4.79 Å². The van der Waals surface area contributed by atoms with Gasteiger partial charge in [-0.05, 0) is 68.0 Å². The Balaban J connectivity index is 1.52. The summed E-state index contributed by atoms with van der Waals surface area (Å²) in [5.74, 6) is 0.160. The molecule has 1 aromatic heterocycles. The summed E-state index contributed by atoms with van der Waals surface area (Å²) in [6.07, 6.45) is 4.70. The first kappa shape index (κ1) is 15.6. The average molecular weight is 333 g/mol. The number of hydrogen-bond acceptors (Lipinski definition) is 4. The van der Waals surface area contributed by atoms with Crippen LogP contribution < -0.4 is 5.32 Å². The fourth-order valence-electron chi connectivity index (χ4n) is 3.13. The second kappa shape index (κ2) is 6.51. The smallest absolute Gasteiger partial charge is 0.322 e. The van der Waals surface area contributed by atoms with Crippen LogP contribution in [0.15, 0.2) is 46.9 Å². The van der Waals surface area contributed by atoms with Gasteiger partial charge in [-0.15, -0.1) is 5.10 Å². The lowest BCUT2D eigenvalue weighted by atomic mass is 9.90. The maximum atomic E-state index is 12.2. The van der Waals surface area contributed by atoms with Crippen molar-refractivity contribution in [1.82, 2.24) is 10.2 Å². The summed E-state index contributed by atoms with van der Waals surface area (Å²) in [5.41, 5.74) is 5.31. The first-order valence-corrected chi connectivity index (χ1v) is 8.53. The predicted molar refractivity (Wildman–Crippen MR) is 95.5 cm³/mol. The Hall–Kier alpha value is -2.95. The van der Waals surface area contributed by atoms with Gasteiger partial charge in [0.2, 0.25) is 5.89 Å². The van der Waals surface area contributed by atoms with Crippen LogP contribution in [-0.4, -0.2) is 16.1 Å². The predicted octanol–water partition coefficient (Wildman–Crippen LogP) is 4.18. The molecular weight excluding hydrogens is 314 g/mol. The maximum absolute atomic E-state index is 12.2. The SMILES string of the molecule is Cc1ccc(C(=O)Nc2nnc(-c3ccc4c(c3)CCCC4)o2)cc1. The van der Waals surface area contributed by atoms with Crippen LogP contribution in [0.1, 0.15) is 39.9 Å². The largest absolute Gasteiger partial charge is 0.403 e. The number of carbonyl (C=O) groups excluding carboxylic acids is 1. The zero-order chi connectivity index (χ0) is 17.2. The van der Waals surface area contributed by atoms with Crippen LogP contribution in [0.4, 0.5) is 6.01 Å². The molecule has 0 saturated heterocycles. The Morgan fingerprint density at radius 1 is 1.00 bits per heavy atom. The van der Waals surface area contributed by atoms with E-state index >= 15 is 0 Å². The summed E-state index contributed by atoms with van der Waals surface area (Å²) < 4.78 is 5.62. The van der Waals surface area contributed by atoms with E-state index in [4.69, 9.17) is 4.42 Å². The van der Waals surface area contributed by atoms with Crippen LogP contribution in [0, 0.1) is 6.92 Å². The number of aromatic nitrogens is 2. The Bertz CT molecular complexity index is 913. The molecule has 1 heterocycles. The van der Waals surface area contributed by atoms with Crippen molar-refractivity contribution in [2.24, 2.45) is 0 Å². The van der Waals surface area contributed by atoms with Crippen molar-refractivity contribution in [3.05, 3.63) is 64.7 Å². The van der Waals surface area contributed by atoms with E-state index in [1.54, 1.807) is 12.1 Å². The van der Waals surface area contributed by atoms with Crippen LogP contribution in [0.25, 0.3) is 11.5 Å². The number of nitrogens with zero attached hydrogens (tertiary/aromatic N) is 2. The van der Waals surface area contributed by atoms with Crippen molar-refractivity contribution in [3.63, 3.8) is 0 Å². The molecule has 0 atom stereocenters. The molecule has 3 aromatic rings. The van der Waals surface area contributed by atoms with E-state index in [0.29, 0.717) is 11.5 Å². The highest BCUT2D eigenvalue weighted by Gasteiger charge is 2.15. The van der Waals surface area contributed by atoms with Crippen molar-refractivity contribution in [2.75, 3.05) is 5.32 Å². The zero-order valence-corrected chi connectivity index (χ0v) is 14.1. The first-order valence-electron chi connectivity index (χ1n) is 8.53. The van der Waals surface area contributed by atoms with E-state index in [1.807, 2.05) is 25.1 Å². The van der Waals surface area contributed by atoms with Crippen molar-refractivity contribution in [2.45, 2.75) is 32.6 Å². The Labute approximate surface area is 146 Å². The van der Waals surface area contributed by atoms with E-state index in [2.05, 4.69) is 27.6 Å².